The Morgan fingerprint density at radius 1 is 1.12 bits per heavy atom. The molecule has 25 heavy (non-hydrogen) atoms. The number of nitrogens with one attached hydrogen (secondary N) is 1. The van der Waals surface area contributed by atoms with Crippen molar-refractivity contribution < 1.29 is 19.8 Å². The fourth-order valence-electron chi connectivity index (χ4n) is 3.26. The number of unbranched alkanes of at least 4 members (excludes halogenated alkanes) is 3. The second-order valence-electron chi connectivity index (χ2n) is 6.99. The highest BCUT2D eigenvalue weighted by atomic mass is 16.4. The number of aliphatic hydroxyl groups is 1. The summed E-state index contributed by atoms with van der Waals surface area (Å²) in [5.41, 5.74) is 0. The van der Waals surface area contributed by atoms with Crippen molar-refractivity contribution in [1.29, 1.82) is 0 Å². The molecule has 1 amide bonds. The van der Waals surface area contributed by atoms with Crippen molar-refractivity contribution in [3.8, 4) is 0 Å². The van der Waals surface area contributed by atoms with Gasteiger partial charge >= 0.3 is 5.97 Å². The number of carbonyl (C=O) groups excluding carboxylic acids is 1. The Hall–Kier alpha value is -1.62. The van der Waals surface area contributed by atoms with Gasteiger partial charge in [-0.25, -0.2) is 4.79 Å². The number of carbonyl (C=O) groups is 2. The quantitative estimate of drug-likeness (QED) is 0.302. The van der Waals surface area contributed by atoms with E-state index >= 15 is 0 Å². The molecule has 0 aromatic carbocycles. The number of amides is 1. The molecule has 3 N–H and O–H groups in total. The molecule has 0 aromatic rings. The maximum absolute atomic E-state index is 11.6. The number of carboxylic acid groups (broad SMARTS) is 1. The third-order valence-electron chi connectivity index (χ3n) is 4.75. The van der Waals surface area contributed by atoms with E-state index in [1.807, 2.05) is 6.08 Å². The molecule has 0 bridgehead atoms. The van der Waals surface area contributed by atoms with E-state index in [2.05, 4.69) is 5.32 Å². The number of allylic oxidation sites excluding steroid dienone is 3. The van der Waals surface area contributed by atoms with Crippen LogP contribution in [0.2, 0.25) is 0 Å². The Bertz CT molecular complexity index is 451. The van der Waals surface area contributed by atoms with Crippen molar-refractivity contribution in [1.82, 2.24) is 5.32 Å². The summed E-state index contributed by atoms with van der Waals surface area (Å²) in [5.74, 6) is -0.812. The lowest BCUT2D eigenvalue weighted by Crippen LogP contribution is -2.47. The second kappa shape index (κ2) is 12.7. The predicted molar refractivity (Wildman–Crippen MR) is 99.2 cm³/mol. The van der Waals surface area contributed by atoms with Gasteiger partial charge in [0.15, 0.2) is 6.04 Å². The Morgan fingerprint density at radius 3 is 2.48 bits per heavy atom. The lowest BCUT2D eigenvalue weighted by atomic mass is 9.85. The average Bonchev–Trinajstić information content (AvgIpc) is 2.58. The van der Waals surface area contributed by atoms with Gasteiger partial charge in [0.1, 0.15) is 0 Å². The molecular formula is C20H33NO4. The first kappa shape index (κ1) is 21.4. The molecule has 0 saturated heterocycles. The zero-order valence-corrected chi connectivity index (χ0v) is 15.3. The van der Waals surface area contributed by atoms with E-state index < -0.39 is 24.0 Å². The number of carboxylic acids is 1. The highest BCUT2D eigenvalue weighted by Crippen LogP contribution is 2.27. The van der Waals surface area contributed by atoms with Gasteiger partial charge in [-0.05, 0) is 25.7 Å². The third-order valence-corrected chi connectivity index (χ3v) is 4.75. The minimum Gasteiger partial charge on any atom is -0.480 e. The van der Waals surface area contributed by atoms with E-state index in [4.69, 9.17) is 5.11 Å². The molecule has 1 saturated carbocycles. The summed E-state index contributed by atoms with van der Waals surface area (Å²) < 4.78 is 0. The van der Waals surface area contributed by atoms with Crippen LogP contribution in [-0.2, 0) is 9.59 Å². The summed E-state index contributed by atoms with van der Waals surface area (Å²) in [4.78, 5) is 22.4. The first-order valence-corrected chi connectivity index (χ1v) is 9.55. The van der Waals surface area contributed by atoms with Crippen LogP contribution in [0.3, 0.4) is 0 Å². The average molecular weight is 351 g/mol. The lowest BCUT2D eigenvalue weighted by Gasteiger charge is -2.21. The van der Waals surface area contributed by atoms with Crippen LogP contribution in [0, 0.1) is 5.92 Å². The van der Waals surface area contributed by atoms with Gasteiger partial charge in [0.25, 0.3) is 0 Å². The van der Waals surface area contributed by atoms with Crippen LogP contribution in [0.4, 0.5) is 0 Å². The van der Waals surface area contributed by atoms with Gasteiger partial charge in [-0.15, -0.1) is 0 Å². The molecule has 142 valence electrons. The maximum atomic E-state index is 11.6. The van der Waals surface area contributed by atoms with Crippen LogP contribution in [0.5, 0.6) is 0 Å². The summed E-state index contributed by atoms with van der Waals surface area (Å²) in [6.45, 7) is 1.33. The molecular weight excluding hydrogens is 318 g/mol. The minimum absolute atomic E-state index is 0.523. The van der Waals surface area contributed by atoms with Crippen molar-refractivity contribution in [3.05, 3.63) is 24.3 Å². The van der Waals surface area contributed by atoms with Gasteiger partial charge in [0, 0.05) is 6.08 Å². The molecule has 1 rings (SSSR count). The summed E-state index contributed by atoms with van der Waals surface area (Å²) >= 11 is 0. The van der Waals surface area contributed by atoms with E-state index in [0.717, 1.165) is 18.8 Å². The highest BCUT2D eigenvalue weighted by molar-refractivity contribution is 5.91. The number of aliphatic carboxylic acids is 1. The lowest BCUT2D eigenvalue weighted by molar-refractivity contribution is -0.144. The number of rotatable bonds is 11. The third kappa shape index (κ3) is 10.1. The molecule has 2 atom stereocenters. The number of aliphatic hydroxyl groups excluding tert-OH is 1. The summed E-state index contributed by atoms with van der Waals surface area (Å²) in [6.07, 6.45) is 18.7. The van der Waals surface area contributed by atoms with Gasteiger partial charge in [0.05, 0.1) is 6.10 Å². The topological polar surface area (TPSA) is 86.6 Å². The minimum atomic E-state index is -1.29. The molecule has 0 spiro atoms. The summed E-state index contributed by atoms with van der Waals surface area (Å²) in [7, 11) is 0. The van der Waals surface area contributed by atoms with Crippen LogP contribution in [0.15, 0.2) is 24.3 Å². The number of hydrogen-bond acceptors (Lipinski definition) is 3. The van der Waals surface area contributed by atoms with E-state index in [-0.39, 0.29) is 0 Å². The van der Waals surface area contributed by atoms with Crippen LogP contribution < -0.4 is 5.32 Å². The molecule has 0 aliphatic heterocycles. The Kier molecular flexibility index (Phi) is 10.9. The fraction of sp³-hybridized carbons (Fsp3) is 0.700. The smallest absolute Gasteiger partial charge is 0.328 e. The molecule has 5 nitrogen and oxygen atoms in total. The van der Waals surface area contributed by atoms with Crippen LogP contribution in [-0.4, -0.2) is 34.2 Å². The molecule has 1 fully saturated rings. The van der Waals surface area contributed by atoms with Gasteiger partial charge in [-0.1, -0.05) is 69.6 Å². The SMILES string of the molecule is CC(O)C(NC(=O)/C=C/C=C/CCCCCC1CCCCC1)C(=O)O. The van der Waals surface area contributed by atoms with Crippen molar-refractivity contribution >= 4 is 11.9 Å². The van der Waals surface area contributed by atoms with Crippen LogP contribution in [0.25, 0.3) is 0 Å². The van der Waals surface area contributed by atoms with Crippen molar-refractivity contribution in [2.24, 2.45) is 5.92 Å². The number of hydrogen-bond donors (Lipinski definition) is 3. The van der Waals surface area contributed by atoms with Crippen LogP contribution in [0.1, 0.15) is 71.1 Å². The van der Waals surface area contributed by atoms with Crippen LogP contribution >= 0.6 is 0 Å². The van der Waals surface area contributed by atoms with E-state index in [9.17, 15) is 14.7 Å². The molecule has 0 heterocycles. The normalized spacial score (nSPS) is 18.5. The van der Waals surface area contributed by atoms with Crippen molar-refractivity contribution in [2.45, 2.75) is 83.3 Å². The first-order valence-electron chi connectivity index (χ1n) is 9.55. The van der Waals surface area contributed by atoms with Gasteiger partial charge in [0.2, 0.25) is 5.91 Å². The van der Waals surface area contributed by atoms with E-state index in [1.165, 1.54) is 64.4 Å². The van der Waals surface area contributed by atoms with Gasteiger partial charge in [-0.3, -0.25) is 4.79 Å². The predicted octanol–water partition coefficient (Wildman–Crippen LogP) is 3.58. The Balaban J connectivity index is 2.08. The molecule has 2 unspecified atom stereocenters. The van der Waals surface area contributed by atoms with Gasteiger partial charge in [-0.2, -0.15) is 0 Å². The first-order chi connectivity index (χ1) is 12.0. The summed E-state index contributed by atoms with van der Waals surface area (Å²) in [5, 5.41) is 20.4. The fourth-order valence-corrected chi connectivity index (χ4v) is 3.26. The Morgan fingerprint density at radius 2 is 1.84 bits per heavy atom. The summed E-state index contributed by atoms with van der Waals surface area (Å²) in [6, 6.07) is -1.29. The molecule has 0 radical (unpaired) electrons. The molecule has 0 aromatic heterocycles. The Labute approximate surface area is 151 Å². The van der Waals surface area contributed by atoms with Crippen molar-refractivity contribution in [2.75, 3.05) is 0 Å². The maximum Gasteiger partial charge on any atom is 0.328 e. The second-order valence-corrected chi connectivity index (χ2v) is 6.99. The van der Waals surface area contributed by atoms with E-state index in [0.29, 0.717) is 0 Å². The standard InChI is InChI=1S/C20H33NO4/c1-16(22)19(20(24)25)21-18(23)15-11-6-4-2-3-5-8-12-17-13-9-7-10-14-17/h4,6,11,15-17,19,22H,2-3,5,7-10,12-14H2,1H3,(H,21,23)(H,24,25)/b6-4+,15-11+. The molecule has 1 aliphatic carbocycles. The van der Waals surface area contributed by atoms with Gasteiger partial charge < -0.3 is 15.5 Å². The zero-order valence-electron chi connectivity index (χ0n) is 15.3. The zero-order chi connectivity index (χ0) is 18.5. The molecule has 5 heteroatoms. The monoisotopic (exact) mass is 351 g/mol. The molecule has 1 aliphatic rings. The largest absolute Gasteiger partial charge is 0.480 e. The van der Waals surface area contributed by atoms with E-state index in [1.54, 1.807) is 12.2 Å². The highest BCUT2D eigenvalue weighted by Gasteiger charge is 2.23. The van der Waals surface area contributed by atoms with Crippen molar-refractivity contribution in [3.63, 3.8) is 0 Å².